The minimum absolute atomic E-state index is 0.123. The SMILES string of the molecule is COC(=O)C1=C(C)NC2=C(C(=O)CCC2)[C@@H]1c1ccccc1I. The standard InChI is InChI=1S/C18H18INO3/c1-10-15(18(22)23-2)16(11-6-3-4-7-12(11)19)17-13(20-10)8-5-9-14(17)21/h3-4,6-7,16,20H,5,8-9H2,1-2H3/t16-/m1/s1. The minimum Gasteiger partial charge on any atom is -0.466 e. The van der Waals surface area contributed by atoms with Gasteiger partial charge in [-0.1, -0.05) is 18.2 Å². The average molecular weight is 423 g/mol. The van der Waals surface area contributed by atoms with E-state index in [-0.39, 0.29) is 17.7 Å². The van der Waals surface area contributed by atoms with E-state index < -0.39 is 0 Å². The fourth-order valence-electron chi connectivity index (χ4n) is 3.38. The zero-order chi connectivity index (χ0) is 16.6. The van der Waals surface area contributed by atoms with Gasteiger partial charge in [0, 0.05) is 32.9 Å². The number of carbonyl (C=O) groups is 2. The lowest BCUT2D eigenvalue weighted by molar-refractivity contribution is -0.136. The second kappa shape index (κ2) is 6.47. The van der Waals surface area contributed by atoms with Gasteiger partial charge in [0.05, 0.1) is 12.7 Å². The summed E-state index contributed by atoms with van der Waals surface area (Å²) in [4.78, 5) is 25.0. The third-order valence-electron chi connectivity index (χ3n) is 4.40. The first-order valence-corrected chi connectivity index (χ1v) is 8.69. The van der Waals surface area contributed by atoms with Crippen molar-refractivity contribution in [2.75, 3.05) is 7.11 Å². The number of halogens is 1. The Bertz CT molecular complexity index is 748. The number of esters is 1. The first-order valence-electron chi connectivity index (χ1n) is 7.61. The second-order valence-corrected chi connectivity index (χ2v) is 6.94. The molecule has 1 aromatic carbocycles. The Labute approximate surface area is 149 Å². The molecule has 0 aromatic heterocycles. The highest BCUT2D eigenvalue weighted by atomic mass is 127. The third-order valence-corrected chi connectivity index (χ3v) is 5.38. The van der Waals surface area contributed by atoms with Crippen LogP contribution in [0.5, 0.6) is 0 Å². The molecule has 1 aliphatic heterocycles. The van der Waals surface area contributed by atoms with Crippen LogP contribution in [0, 0.1) is 3.57 Å². The lowest BCUT2D eigenvalue weighted by Crippen LogP contribution is -2.34. The first-order chi connectivity index (χ1) is 11.0. The molecule has 0 spiro atoms. The molecule has 5 heteroatoms. The van der Waals surface area contributed by atoms with E-state index in [2.05, 4.69) is 27.9 Å². The number of rotatable bonds is 2. The number of ketones is 1. The van der Waals surface area contributed by atoms with Gasteiger partial charge in [0.25, 0.3) is 0 Å². The van der Waals surface area contributed by atoms with Crippen molar-refractivity contribution in [2.24, 2.45) is 0 Å². The molecule has 0 saturated heterocycles. The van der Waals surface area contributed by atoms with E-state index in [0.717, 1.165) is 38.9 Å². The van der Waals surface area contributed by atoms with Crippen molar-refractivity contribution < 1.29 is 14.3 Å². The first kappa shape index (κ1) is 16.2. The maximum Gasteiger partial charge on any atom is 0.336 e. The lowest BCUT2D eigenvalue weighted by atomic mass is 9.75. The van der Waals surface area contributed by atoms with E-state index in [4.69, 9.17) is 4.74 Å². The molecular formula is C18H18INO3. The van der Waals surface area contributed by atoms with Gasteiger partial charge < -0.3 is 10.1 Å². The number of hydrogen-bond donors (Lipinski definition) is 1. The molecule has 0 radical (unpaired) electrons. The predicted molar refractivity (Wildman–Crippen MR) is 95.6 cm³/mol. The Kier molecular flexibility index (Phi) is 4.57. The molecule has 0 bridgehead atoms. The second-order valence-electron chi connectivity index (χ2n) is 5.78. The highest BCUT2D eigenvalue weighted by molar-refractivity contribution is 14.1. The molecule has 120 valence electrons. The Morgan fingerprint density at radius 3 is 2.74 bits per heavy atom. The summed E-state index contributed by atoms with van der Waals surface area (Å²) < 4.78 is 6.03. The number of nitrogens with one attached hydrogen (secondary N) is 1. The molecule has 2 aliphatic rings. The Morgan fingerprint density at radius 1 is 1.30 bits per heavy atom. The number of dihydropyridines is 1. The normalized spacial score (nSPS) is 21.0. The van der Waals surface area contributed by atoms with Crippen LogP contribution in [0.25, 0.3) is 0 Å². The van der Waals surface area contributed by atoms with E-state index in [0.29, 0.717) is 12.0 Å². The van der Waals surface area contributed by atoms with E-state index in [1.54, 1.807) is 0 Å². The highest BCUT2D eigenvalue weighted by Crippen LogP contribution is 2.43. The zero-order valence-electron chi connectivity index (χ0n) is 13.1. The maximum absolute atomic E-state index is 12.6. The quantitative estimate of drug-likeness (QED) is 0.585. The van der Waals surface area contributed by atoms with Crippen LogP contribution in [-0.4, -0.2) is 18.9 Å². The largest absolute Gasteiger partial charge is 0.466 e. The molecule has 1 heterocycles. The van der Waals surface area contributed by atoms with Crippen molar-refractivity contribution in [3.05, 3.63) is 55.9 Å². The summed E-state index contributed by atoms with van der Waals surface area (Å²) in [5, 5.41) is 3.27. The molecule has 1 aromatic rings. The molecule has 0 saturated carbocycles. The summed E-state index contributed by atoms with van der Waals surface area (Å²) in [5.74, 6) is -0.610. The van der Waals surface area contributed by atoms with Crippen molar-refractivity contribution in [3.63, 3.8) is 0 Å². The summed E-state index contributed by atoms with van der Waals surface area (Å²) >= 11 is 2.26. The summed E-state index contributed by atoms with van der Waals surface area (Å²) in [5.41, 5.74) is 3.97. The Balaban J connectivity index is 2.23. The number of methoxy groups -OCH3 is 1. The lowest BCUT2D eigenvalue weighted by Gasteiger charge is -2.34. The Hall–Kier alpha value is -1.63. The summed E-state index contributed by atoms with van der Waals surface area (Å²) in [7, 11) is 1.38. The molecule has 23 heavy (non-hydrogen) atoms. The molecule has 4 nitrogen and oxygen atoms in total. The molecule has 1 atom stereocenters. The third kappa shape index (κ3) is 2.82. The molecule has 1 N–H and O–H groups in total. The number of allylic oxidation sites excluding steroid dienone is 3. The monoisotopic (exact) mass is 423 g/mol. The number of Topliss-reactive ketones (excluding diaryl/α,β-unsaturated/α-hetero) is 1. The Morgan fingerprint density at radius 2 is 2.04 bits per heavy atom. The van der Waals surface area contributed by atoms with Crippen LogP contribution in [0.15, 0.2) is 46.8 Å². The van der Waals surface area contributed by atoms with Gasteiger partial charge in [-0.05, 0) is 54.0 Å². The van der Waals surface area contributed by atoms with Crippen LogP contribution in [-0.2, 0) is 14.3 Å². The van der Waals surface area contributed by atoms with Crippen LogP contribution in [0.4, 0.5) is 0 Å². The highest BCUT2D eigenvalue weighted by Gasteiger charge is 2.39. The van der Waals surface area contributed by atoms with E-state index in [1.165, 1.54) is 7.11 Å². The van der Waals surface area contributed by atoms with Crippen molar-refractivity contribution in [1.29, 1.82) is 0 Å². The molecule has 0 unspecified atom stereocenters. The van der Waals surface area contributed by atoms with E-state index in [9.17, 15) is 9.59 Å². The van der Waals surface area contributed by atoms with Crippen LogP contribution < -0.4 is 5.32 Å². The van der Waals surface area contributed by atoms with Crippen molar-refractivity contribution in [3.8, 4) is 0 Å². The number of ether oxygens (including phenoxy) is 1. The topological polar surface area (TPSA) is 55.4 Å². The fourth-order valence-corrected chi connectivity index (χ4v) is 4.08. The van der Waals surface area contributed by atoms with Crippen LogP contribution in [0.1, 0.15) is 37.7 Å². The van der Waals surface area contributed by atoms with Gasteiger partial charge in [0.15, 0.2) is 5.78 Å². The zero-order valence-corrected chi connectivity index (χ0v) is 15.3. The maximum atomic E-state index is 12.6. The summed E-state index contributed by atoms with van der Waals surface area (Å²) in [6.45, 7) is 1.87. The molecule has 0 amide bonds. The van der Waals surface area contributed by atoms with E-state index >= 15 is 0 Å². The average Bonchev–Trinajstić information content (AvgIpc) is 2.54. The van der Waals surface area contributed by atoms with Crippen LogP contribution in [0.2, 0.25) is 0 Å². The van der Waals surface area contributed by atoms with Gasteiger partial charge in [-0.3, -0.25) is 4.79 Å². The van der Waals surface area contributed by atoms with Gasteiger partial charge in [-0.15, -0.1) is 0 Å². The molecule has 0 fully saturated rings. The number of hydrogen-bond acceptors (Lipinski definition) is 4. The fraction of sp³-hybridized carbons (Fsp3) is 0.333. The molecule has 3 rings (SSSR count). The predicted octanol–water partition coefficient (Wildman–Crippen LogP) is 3.43. The van der Waals surface area contributed by atoms with E-state index in [1.807, 2.05) is 31.2 Å². The van der Waals surface area contributed by atoms with Gasteiger partial charge in [-0.25, -0.2) is 4.79 Å². The smallest absolute Gasteiger partial charge is 0.336 e. The van der Waals surface area contributed by atoms with Crippen molar-refractivity contribution in [2.45, 2.75) is 32.1 Å². The number of benzene rings is 1. The van der Waals surface area contributed by atoms with Gasteiger partial charge in [0.1, 0.15) is 0 Å². The minimum atomic E-state index is -0.385. The van der Waals surface area contributed by atoms with Gasteiger partial charge in [0.2, 0.25) is 0 Å². The van der Waals surface area contributed by atoms with Crippen molar-refractivity contribution in [1.82, 2.24) is 5.32 Å². The van der Waals surface area contributed by atoms with Gasteiger partial charge in [-0.2, -0.15) is 0 Å². The molecule has 1 aliphatic carbocycles. The summed E-state index contributed by atoms with van der Waals surface area (Å²) in [6.07, 6.45) is 2.23. The van der Waals surface area contributed by atoms with Crippen LogP contribution >= 0.6 is 22.6 Å². The van der Waals surface area contributed by atoms with Gasteiger partial charge >= 0.3 is 5.97 Å². The molecular weight excluding hydrogens is 405 g/mol. The number of carbonyl (C=O) groups excluding carboxylic acids is 2. The van der Waals surface area contributed by atoms with Crippen molar-refractivity contribution >= 4 is 34.3 Å². The summed E-state index contributed by atoms with van der Waals surface area (Å²) in [6, 6.07) is 7.88. The van der Waals surface area contributed by atoms with Crippen LogP contribution in [0.3, 0.4) is 0 Å².